The smallest absolute Gasteiger partial charge is 0.159 e. The fourth-order valence-electron chi connectivity index (χ4n) is 9.74. The van der Waals surface area contributed by atoms with E-state index in [1.807, 2.05) is 0 Å². The van der Waals surface area contributed by atoms with Gasteiger partial charge in [-0.1, -0.05) is 176 Å². The zero-order valence-corrected chi connectivity index (χ0v) is 33.6. The van der Waals surface area contributed by atoms with Gasteiger partial charge in [-0.25, -0.2) is 0 Å². The molecule has 0 saturated heterocycles. The minimum atomic E-state index is 0.849. The summed E-state index contributed by atoms with van der Waals surface area (Å²) in [6.45, 7) is 2.21. The minimum absolute atomic E-state index is 0.849. The van der Waals surface area contributed by atoms with Crippen LogP contribution >= 0.6 is 0 Å². The van der Waals surface area contributed by atoms with Gasteiger partial charge < -0.3 is 9.32 Å². The second-order valence-corrected chi connectivity index (χ2v) is 16.1. The van der Waals surface area contributed by atoms with E-state index in [1.165, 1.54) is 65.3 Å². The number of anilines is 3. The third-order valence-electron chi connectivity index (χ3n) is 12.5. The lowest BCUT2D eigenvalue weighted by Crippen LogP contribution is -2.10. The lowest BCUT2D eigenvalue weighted by molar-refractivity contribution is 0.670. The Morgan fingerprint density at radius 1 is 0.328 bits per heavy atom. The molecule has 0 unspecified atom stereocenters. The van der Waals surface area contributed by atoms with Crippen molar-refractivity contribution in [3.63, 3.8) is 0 Å². The molecule has 12 aromatic rings. The average Bonchev–Trinajstić information content (AvgIpc) is 3.72. The Bertz CT molecular complexity index is 3650. The molecule has 0 fully saturated rings. The molecule has 286 valence electrons. The van der Waals surface area contributed by atoms with Crippen LogP contribution in [0.25, 0.3) is 98.4 Å². The number of aryl methyl sites for hydroxylation is 1. The maximum Gasteiger partial charge on any atom is 0.159 e. The molecule has 2 nitrogen and oxygen atoms in total. The molecule has 2 heteroatoms. The molecule has 0 saturated carbocycles. The van der Waals surface area contributed by atoms with E-state index in [9.17, 15) is 0 Å². The molecule has 0 radical (unpaired) electrons. The number of furan rings is 1. The van der Waals surface area contributed by atoms with Crippen LogP contribution in [0.2, 0.25) is 0 Å². The first-order chi connectivity index (χ1) is 30.2. The van der Waals surface area contributed by atoms with Crippen LogP contribution in [0.5, 0.6) is 0 Å². The van der Waals surface area contributed by atoms with Crippen LogP contribution in [0.4, 0.5) is 17.1 Å². The molecule has 0 amide bonds. The maximum atomic E-state index is 7.06. The van der Waals surface area contributed by atoms with E-state index < -0.39 is 0 Å². The van der Waals surface area contributed by atoms with Crippen molar-refractivity contribution >= 4 is 82.1 Å². The summed E-state index contributed by atoms with van der Waals surface area (Å²) in [7, 11) is 0. The van der Waals surface area contributed by atoms with Crippen LogP contribution in [0.15, 0.2) is 223 Å². The summed E-state index contributed by atoms with van der Waals surface area (Å²) in [6, 6.07) is 79.2. The average molecular weight is 778 g/mol. The number of hydrogen-bond donors (Lipinski definition) is 0. The summed E-state index contributed by atoms with van der Waals surface area (Å²) in [6.07, 6.45) is 0. The zero-order valence-electron chi connectivity index (χ0n) is 33.6. The quantitative estimate of drug-likeness (QED) is 0.156. The molecule has 1 aromatic heterocycles. The van der Waals surface area contributed by atoms with Gasteiger partial charge in [-0.15, -0.1) is 0 Å². The lowest BCUT2D eigenvalue weighted by atomic mass is 9.91. The predicted octanol–water partition coefficient (Wildman–Crippen LogP) is 17.0. The van der Waals surface area contributed by atoms with Crippen molar-refractivity contribution in [2.24, 2.45) is 0 Å². The van der Waals surface area contributed by atoms with E-state index in [2.05, 4.69) is 230 Å². The minimum Gasteiger partial charge on any atom is -0.453 e. The van der Waals surface area contributed by atoms with Crippen LogP contribution in [-0.2, 0) is 0 Å². The molecular weight excluding hydrogens is 739 g/mol. The summed E-state index contributed by atoms with van der Waals surface area (Å²) in [4.78, 5) is 2.37. The molecule has 0 aliphatic rings. The Morgan fingerprint density at radius 3 is 1.70 bits per heavy atom. The predicted molar refractivity (Wildman–Crippen MR) is 259 cm³/mol. The van der Waals surface area contributed by atoms with Crippen molar-refractivity contribution in [1.82, 2.24) is 0 Å². The first-order valence-corrected chi connectivity index (χ1v) is 21.0. The Hall–Kier alpha value is -7.94. The number of para-hydroxylation sites is 2. The molecular formula is C59H39NO. The van der Waals surface area contributed by atoms with Crippen LogP contribution < -0.4 is 4.90 Å². The van der Waals surface area contributed by atoms with E-state index in [4.69, 9.17) is 4.42 Å². The highest BCUT2D eigenvalue weighted by Gasteiger charge is 2.22. The summed E-state index contributed by atoms with van der Waals surface area (Å²) in [5.74, 6) is 0. The molecule has 0 atom stereocenters. The SMILES string of the molecule is Cc1cccc2cc(-c3ccc(N(c4cccc(-c5cc6ccccc6c6ccccc56)c4)c4cccc5c4oc4c(-c6ccccc6)cccc45)cc3)c3ccccc3c12. The van der Waals surface area contributed by atoms with Gasteiger partial charge in [0.05, 0.1) is 5.69 Å². The summed E-state index contributed by atoms with van der Waals surface area (Å²) >= 11 is 0. The highest BCUT2D eigenvalue weighted by Crippen LogP contribution is 2.46. The molecule has 0 N–H and O–H groups in total. The van der Waals surface area contributed by atoms with E-state index in [1.54, 1.807) is 0 Å². The monoisotopic (exact) mass is 777 g/mol. The van der Waals surface area contributed by atoms with Gasteiger partial charge in [-0.05, 0) is 126 Å². The number of rotatable bonds is 6. The molecule has 0 spiro atoms. The van der Waals surface area contributed by atoms with Crippen LogP contribution in [0.3, 0.4) is 0 Å². The van der Waals surface area contributed by atoms with Gasteiger partial charge in [-0.2, -0.15) is 0 Å². The van der Waals surface area contributed by atoms with Gasteiger partial charge in [0.15, 0.2) is 5.58 Å². The van der Waals surface area contributed by atoms with Crippen molar-refractivity contribution in [3.05, 3.63) is 224 Å². The number of nitrogens with zero attached hydrogens (tertiary/aromatic N) is 1. The van der Waals surface area contributed by atoms with E-state index in [0.717, 1.165) is 55.7 Å². The highest BCUT2D eigenvalue weighted by atomic mass is 16.3. The second-order valence-electron chi connectivity index (χ2n) is 16.1. The topological polar surface area (TPSA) is 16.4 Å². The molecule has 0 aliphatic carbocycles. The van der Waals surface area contributed by atoms with Gasteiger partial charge in [0.1, 0.15) is 5.58 Å². The normalized spacial score (nSPS) is 11.7. The Kier molecular flexibility index (Phi) is 8.11. The van der Waals surface area contributed by atoms with Crippen LogP contribution in [0, 0.1) is 6.92 Å². The van der Waals surface area contributed by atoms with E-state index in [-0.39, 0.29) is 0 Å². The van der Waals surface area contributed by atoms with E-state index in [0.29, 0.717) is 0 Å². The number of fused-ring (bicyclic) bond motifs is 9. The summed E-state index contributed by atoms with van der Waals surface area (Å²) in [5, 5.41) is 12.3. The molecule has 0 aliphatic heterocycles. The van der Waals surface area contributed by atoms with Crippen molar-refractivity contribution < 1.29 is 4.42 Å². The largest absolute Gasteiger partial charge is 0.453 e. The molecule has 61 heavy (non-hydrogen) atoms. The molecule has 0 bridgehead atoms. The van der Waals surface area contributed by atoms with Crippen molar-refractivity contribution in [1.29, 1.82) is 0 Å². The van der Waals surface area contributed by atoms with Crippen molar-refractivity contribution in [2.75, 3.05) is 4.90 Å². The molecule has 11 aromatic carbocycles. The number of benzene rings is 11. The Labute approximate surface area is 354 Å². The maximum absolute atomic E-state index is 7.06. The highest BCUT2D eigenvalue weighted by molar-refractivity contribution is 6.17. The van der Waals surface area contributed by atoms with Crippen molar-refractivity contribution in [2.45, 2.75) is 6.92 Å². The second kappa shape index (κ2) is 14.1. The van der Waals surface area contributed by atoms with Crippen LogP contribution in [-0.4, -0.2) is 0 Å². The zero-order chi connectivity index (χ0) is 40.4. The first kappa shape index (κ1) is 35.0. The number of hydrogen-bond acceptors (Lipinski definition) is 2. The van der Waals surface area contributed by atoms with E-state index >= 15 is 0 Å². The fraction of sp³-hybridized carbons (Fsp3) is 0.0169. The van der Waals surface area contributed by atoms with Crippen molar-refractivity contribution in [3.8, 4) is 33.4 Å². The third kappa shape index (κ3) is 5.72. The van der Waals surface area contributed by atoms with Gasteiger partial charge >= 0.3 is 0 Å². The van der Waals surface area contributed by atoms with Gasteiger partial charge in [-0.3, -0.25) is 0 Å². The first-order valence-electron chi connectivity index (χ1n) is 21.0. The van der Waals surface area contributed by atoms with Crippen LogP contribution in [0.1, 0.15) is 5.56 Å². The van der Waals surface area contributed by atoms with Gasteiger partial charge in [0, 0.05) is 27.7 Å². The summed E-state index contributed by atoms with van der Waals surface area (Å²) in [5.41, 5.74) is 13.1. The van der Waals surface area contributed by atoms with Gasteiger partial charge in [0.25, 0.3) is 0 Å². The van der Waals surface area contributed by atoms with Gasteiger partial charge in [0.2, 0.25) is 0 Å². The molecule has 1 heterocycles. The molecule has 12 rings (SSSR count). The standard InChI is InChI=1S/C59H39NO/c1-38-15-11-20-43-37-54(50-25-9-10-26-51(50)57(38)43)40-31-33-44(34-32-40)60(56-30-14-29-53-52-28-13-27-47(58(52)61-59(53)56)39-16-3-2-4-17-39)45-21-12-19-41(35-45)55-36-42-18-5-6-22-46(42)48-23-7-8-24-49(48)55/h2-37H,1H3. The summed E-state index contributed by atoms with van der Waals surface area (Å²) < 4.78 is 7.06. The third-order valence-corrected chi connectivity index (χ3v) is 12.5. The fourth-order valence-corrected chi connectivity index (χ4v) is 9.74. The Balaban J connectivity index is 1.07. The Morgan fingerprint density at radius 2 is 0.885 bits per heavy atom. The lowest BCUT2D eigenvalue weighted by Gasteiger charge is -2.26.